The summed E-state index contributed by atoms with van der Waals surface area (Å²) < 4.78 is 1.92. The van der Waals surface area contributed by atoms with Crippen LogP contribution in [0.5, 0.6) is 0 Å². The maximum atomic E-state index is 4.84. The first-order valence-electron chi connectivity index (χ1n) is 9.36. The Kier molecular flexibility index (Phi) is 3.48. The molecule has 0 fully saturated rings. The number of nitrogens with zero attached hydrogens (tertiary/aromatic N) is 7. The molecule has 6 aromatic rings. The lowest BCUT2D eigenvalue weighted by molar-refractivity contribution is 1.05. The molecule has 2 N–H and O–H groups in total. The highest BCUT2D eigenvalue weighted by Crippen LogP contribution is 2.30. The van der Waals surface area contributed by atoms with Gasteiger partial charge in [0.05, 0.1) is 41.0 Å². The maximum Gasteiger partial charge on any atom is 0.181 e. The molecule has 0 aliphatic heterocycles. The van der Waals surface area contributed by atoms with Crippen LogP contribution in [0, 0.1) is 6.92 Å². The summed E-state index contributed by atoms with van der Waals surface area (Å²) in [6, 6.07) is 5.95. The van der Waals surface area contributed by atoms with Crippen LogP contribution in [0.1, 0.15) is 5.69 Å². The average Bonchev–Trinajstić information content (AvgIpc) is 3.51. The number of pyridine rings is 3. The molecule has 0 saturated heterocycles. The Morgan fingerprint density at radius 3 is 2.80 bits per heavy atom. The Labute approximate surface area is 169 Å². The van der Waals surface area contributed by atoms with Crippen molar-refractivity contribution in [3.8, 4) is 28.3 Å². The van der Waals surface area contributed by atoms with Crippen molar-refractivity contribution in [3.05, 3.63) is 67.4 Å². The molecule has 0 aromatic carbocycles. The summed E-state index contributed by atoms with van der Waals surface area (Å²) in [6.07, 6.45) is 12.6. The van der Waals surface area contributed by atoms with Gasteiger partial charge in [0.15, 0.2) is 11.5 Å². The molecule has 0 atom stereocenters. The first kappa shape index (κ1) is 16.5. The van der Waals surface area contributed by atoms with Gasteiger partial charge in [-0.05, 0) is 19.1 Å². The molecule has 0 unspecified atom stereocenters. The van der Waals surface area contributed by atoms with E-state index in [-0.39, 0.29) is 0 Å². The van der Waals surface area contributed by atoms with Gasteiger partial charge in [-0.25, -0.2) is 15.0 Å². The minimum atomic E-state index is 0.627. The topological polar surface area (TPSA) is 114 Å². The lowest BCUT2D eigenvalue weighted by atomic mass is 10.1. The Hall–Kier alpha value is -4.40. The molecule has 9 nitrogen and oxygen atoms in total. The normalized spacial score (nSPS) is 11.5. The van der Waals surface area contributed by atoms with E-state index in [2.05, 4.69) is 35.1 Å². The van der Waals surface area contributed by atoms with Crippen LogP contribution >= 0.6 is 0 Å². The zero-order valence-electron chi connectivity index (χ0n) is 15.9. The molecule has 0 saturated carbocycles. The standard InChI is InChI=1S/C21H15N9/c1-12-10-30(11-25-12)17-9-23-8-16-19(17)27-21(26-16)18-15-5-14(7-24-20(15)29-28-18)13-3-2-4-22-6-13/h2-11H,1H3,(H,26,27)(H,24,28,29). The summed E-state index contributed by atoms with van der Waals surface area (Å²) in [5, 5.41) is 8.29. The van der Waals surface area contributed by atoms with Gasteiger partial charge in [-0.1, -0.05) is 6.07 Å². The Bertz CT molecular complexity index is 1510. The largest absolute Gasteiger partial charge is 0.335 e. The monoisotopic (exact) mass is 393 g/mol. The molecule has 6 aromatic heterocycles. The van der Waals surface area contributed by atoms with Crippen LogP contribution in [0.3, 0.4) is 0 Å². The van der Waals surface area contributed by atoms with Crippen LogP contribution in [0.25, 0.3) is 50.4 Å². The molecule has 144 valence electrons. The maximum absolute atomic E-state index is 4.84. The fraction of sp³-hybridized carbons (Fsp3) is 0.0476. The molecule has 0 bridgehead atoms. The van der Waals surface area contributed by atoms with Crippen LogP contribution in [-0.4, -0.2) is 44.7 Å². The van der Waals surface area contributed by atoms with Crippen molar-refractivity contribution in [2.24, 2.45) is 0 Å². The summed E-state index contributed by atoms with van der Waals surface area (Å²) in [7, 11) is 0. The summed E-state index contributed by atoms with van der Waals surface area (Å²) in [6.45, 7) is 1.95. The minimum Gasteiger partial charge on any atom is -0.335 e. The van der Waals surface area contributed by atoms with E-state index in [9.17, 15) is 0 Å². The number of aromatic amines is 2. The van der Waals surface area contributed by atoms with E-state index < -0.39 is 0 Å². The summed E-state index contributed by atoms with van der Waals surface area (Å²) >= 11 is 0. The molecular formula is C21H15N9. The third-order valence-electron chi connectivity index (χ3n) is 5.01. The highest BCUT2D eigenvalue weighted by molar-refractivity contribution is 5.94. The van der Waals surface area contributed by atoms with E-state index >= 15 is 0 Å². The van der Waals surface area contributed by atoms with Gasteiger partial charge in [-0.3, -0.25) is 15.1 Å². The third-order valence-corrected chi connectivity index (χ3v) is 5.01. The summed E-state index contributed by atoms with van der Waals surface area (Å²) in [5.41, 5.74) is 6.76. The first-order chi connectivity index (χ1) is 14.8. The van der Waals surface area contributed by atoms with Gasteiger partial charge in [-0.2, -0.15) is 5.10 Å². The smallest absolute Gasteiger partial charge is 0.181 e. The second-order valence-electron chi connectivity index (χ2n) is 7.00. The third kappa shape index (κ3) is 2.56. The quantitative estimate of drug-likeness (QED) is 0.476. The van der Waals surface area contributed by atoms with E-state index in [0.717, 1.165) is 44.6 Å². The first-order valence-corrected chi connectivity index (χ1v) is 9.36. The van der Waals surface area contributed by atoms with Gasteiger partial charge in [0, 0.05) is 35.9 Å². The fourth-order valence-corrected chi connectivity index (χ4v) is 3.55. The molecule has 0 radical (unpaired) electrons. The molecule has 0 aliphatic carbocycles. The van der Waals surface area contributed by atoms with Crippen LogP contribution < -0.4 is 0 Å². The fourth-order valence-electron chi connectivity index (χ4n) is 3.55. The highest BCUT2D eigenvalue weighted by atomic mass is 15.2. The van der Waals surface area contributed by atoms with E-state index in [0.29, 0.717) is 11.5 Å². The molecule has 0 aliphatic rings. The minimum absolute atomic E-state index is 0.627. The van der Waals surface area contributed by atoms with Crippen molar-refractivity contribution < 1.29 is 0 Å². The molecule has 6 rings (SSSR count). The number of fused-ring (bicyclic) bond motifs is 2. The average molecular weight is 393 g/mol. The van der Waals surface area contributed by atoms with Gasteiger partial charge < -0.3 is 9.55 Å². The van der Waals surface area contributed by atoms with Gasteiger partial charge in [0.1, 0.15) is 11.2 Å². The highest BCUT2D eigenvalue weighted by Gasteiger charge is 2.16. The molecular weight excluding hydrogens is 378 g/mol. The van der Waals surface area contributed by atoms with Crippen LogP contribution in [0.4, 0.5) is 0 Å². The lowest BCUT2D eigenvalue weighted by Gasteiger charge is -2.01. The predicted molar refractivity (Wildman–Crippen MR) is 112 cm³/mol. The number of H-pyrrole nitrogens is 2. The van der Waals surface area contributed by atoms with Crippen molar-refractivity contribution in [1.82, 2.24) is 44.7 Å². The number of rotatable bonds is 3. The molecule has 9 heteroatoms. The lowest BCUT2D eigenvalue weighted by Crippen LogP contribution is -1.92. The van der Waals surface area contributed by atoms with E-state index in [1.165, 1.54) is 0 Å². The number of aromatic nitrogens is 9. The molecule has 30 heavy (non-hydrogen) atoms. The molecule has 0 amide bonds. The second-order valence-corrected chi connectivity index (χ2v) is 7.00. The Balaban J connectivity index is 1.52. The van der Waals surface area contributed by atoms with Crippen molar-refractivity contribution in [1.29, 1.82) is 0 Å². The number of hydrogen-bond acceptors (Lipinski definition) is 6. The van der Waals surface area contributed by atoms with E-state index in [4.69, 9.17) is 4.98 Å². The van der Waals surface area contributed by atoms with Crippen LogP contribution in [0.2, 0.25) is 0 Å². The van der Waals surface area contributed by atoms with Gasteiger partial charge in [0.2, 0.25) is 0 Å². The number of nitrogens with one attached hydrogen (secondary N) is 2. The van der Waals surface area contributed by atoms with Crippen LogP contribution in [-0.2, 0) is 0 Å². The predicted octanol–water partition coefficient (Wildman–Crippen LogP) is 3.45. The Morgan fingerprint density at radius 1 is 1.00 bits per heavy atom. The summed E-state index contributed by atoms with van der Waals surface area (Å²) in [4.78, 5) is 25.5. The second kappa shape index (κ2) is 6.31. The zero-order chi connectivity index (χ0) is 20.1. The van der Waals surface area contributed by atoms with Crippen molar-refractivity contribution in [2.75, 3.05) is 0 Å². The number of hydrogen-bond donors (Lipinski definition) is 2. The van der Waals surface area contributed by atoms with Crippen LogP contribution in [0.15, 0.2) is 61.7 Å². The van der Waals surface area contributed by atoms with Gasteiger partial charge in [-0.15, -0.1) is 0 Å². The Morgan fingerprint density at radius 2 is 1.97 bits per heavy atom. The number of aryl methyl sites for hydroxylation is 1. The van der Waals surface area contributed by atoms with Gasteiger partial charge in [0.25, 0.3) is 0 Å². The molecule has 0 spiro atoms. The summed E-state index contributed by atoms with van der Waals surface area (Å²) in [5.74, 6) is 0.670. The van der Waals surface area contributed by atoms with E-state index in [1.54, 1.807) is 31.1 Å². The SMILES string of the molecule is Cc1cn(-c2cncc3[nH]c(-c4[nH]nc5ncc(-c6cccnc6)cc45)nc23)cn1. The van der Waals surface area contributed by atoms with Gasteiger partial charge >= 0.3 is 0 Å². The van der Waals surface area contributed by atoms with Crippen molar-refractivity contribution in [2.45, 2.75) is 6.92 Å². The number of imidazole rings is 2. The van der Waals surface area contributed by atoms with Crippen molar-refractivity contribution >= 4 is 22.1 Å². The molecule has 6 heterocycles. The van der Waals surface area contributed by atoms with Crippen molar-refractivity contribution in [3.63, 3.8) is 0 Å². The zero-order valence-corrected chi connectivity index (χ0v) is 15.9. The van der Waals surface area contributed by atoms with E-state index in [1.807, 2.05) is 42.1 Å².